The van der Waals surface area contributed by atoms with Gasteiger partial charge in [-0.3, -0.25) is 5.10 Å². The lowest BCUT2D eigenvalue weighted by Gasteiger charge is -2.11. The minimum Gasteiger partial charge on any atom is -0.505 e. The van der Waals surface area contributed by atoms with Crippen LogP contribution >= 0.6 is 0 Å². The summed E-state index contributed by atoms with van der Waals surface area (Å²) in [5.41, 5.74) is 7.68. The van der Waals surface area contributed by atoms with Crippen molar-refractivity contribution >= 4 is 16.6 Å². The molecule has 31 heavy (non-hydrogen) atoms. The number of nitrogens with zero attached hydrogens (tertiary/aromatic N) is 3. The zero-order valence-corrected chi connectivity index (χ0v) is 18.0. The number of rotatable bonds is 2. The number of aromatic nitrogens is 3. The standard InChI is InChI=1S/C20H19F2N5O2.C2H6/c1-9-6-12(20(23)27-29)4-5-13(9)19-17-14(21)7-15(28)18(22)16(17)10(2)8-24-26-11(3)25-19;1-2/h4-8,28-29H,1-3H3,(H2,23,27)(H,25,26);1-2H3. The number of oxime groups is 1. The number of phenols is 1. The SMILES string of the molecule is CC.Cc1nc(-c2ccc(/C(N)=N\O)cc2C)c2c(F)cc(O)c(F)c2c(C)cn[nH]1. The number of nitrogens with two attached hydrogens (primary N) is 1. The van der Waals surface area contributed by atoms with E-state index < -0.39 is 17.4 Å². The molecular formula is C22H25F2N5O2. The third-order valence-corrected chi connectivity index (χ3v) is 4.48. The summed E-state index contributed by atoms with van der Waals surface area (Å²) in [6.45, 7) is 8.92. The van der Waals surface area contributed by atoms with E-state index in [-0.39, 0.29) is 22.3 Å². The van der Waals surface area contributed by atoms with E-state index in [4.69, 9.17) is 10.9 Å². The molecule has 0 saturated heterocycles. The number of nitrogens with one attached hydrogen (secondary N) is 1. The van der Waals surface area contributed by atoms with Gasteiger partial charge in [-0.1, -0.05) is 31.1 Å². The largest absolute Gasteiger partial charge is 0.505 e. The average Bonchev–Trinajstić information content (AvgIpc) is 2.81. The molecule has 3 aromatic rings. The molecule has 164 valence electrons. The Morgan fingerprint density at radius 1 is 1.06 bits per heavy atom. The van der Waals surface area contributed by atoms with Crippen LogP contribution in [0.5, 0.6) is 5.75 Å². The highest BCUT2D eigenvalue weighted by atomic mass is 19.1. The summed E-state index contributed by atoms with van der Waals surface area (Å²) < 4.78 is 29.8. The van der Waals surface area contributed by atoms with Crippen LogP contribution in [0.2, 0.25) is 0 Å². The number of H-pyrrole nitrogens is 1. The van der Waals surface area contributed by atoms with Crippen molar-refractivity contribution in [2.75, 3.05) is 0 Å². The molecule has 0 radical (unpaired) electrons. The Balaban J connectivity index is 0.00000166. The maximum Gasteiger partial charge on any atom is 0.173 e. The lowest BCUT2D eigenvalue weighted by molar-refractivity contribution is 0.318. The molecule has 2 aromatic carbocycles. The second-order valence-electron chi connectivity index (χ2n) is 6.56. The number of aromatic amines is 1. The Kier molecular flexibility index (Phi) is 7.47. The first-order valence-electron chi connectivity index (χ1n) is 9.60. The number of benzene rings is 2. The highest BCUT2D eigenvalue weighted by molar-refractivity contribution is 6.00. The molecule has 0 bridgehead atoms. The quantitative estimate of drug-likeness (QED) is 0.202. The number of aromatic hydroxyl groups is 1. The maximum atomic E-state index is 15.0. The molecule has 0 amide bonds. The van der Waals surface area contributed by atoms with E-state index in [9.17, 15) is 9.50 Å². The van der Waals surface area contributed by atoms with Gasteiger partial charge in [0.25, 0.3) is 0 Å². The molecule has 0 atom stereocenters. The predicted octanol–water partition coefficient (Wildman–Crippen LogP) is 4.78. The molecule has 1 heterocycles. The van der Waals surface area contributed by atoms with Crippen molar-refractivity contribution < 1.29 is 19.1 Å². The van der Waals surface area contributed by atoms with Crippen molar-refractivity contribution in [1.29, 1.82) is 0 Å². The minimum absolute atomic E-state index is 0.0828. The second-order valence-corrected chi connectivity index (χ2v) is 6.56. The zero-order chi connectivity index (χ0) is 23.3. The molecule has 3 rings (SSSR count). The van der Waals surface area contributed by atoms with Gasteiger partial charge in [0.1, 0.15) is 11.6 Å². The fourth-order valence-corrected chi connectivity index (χ4v) is 3.09. The van der Waals surface area contributed by atoms with Gasteiger partial charge >= 0.3 is 0 Å². The van der Waals surface area contributed by atoms with Gasteiger partial charge < -0.3 is 16.0 Å². The van der Waals surface area contributed by atoms with E-state index in [0.29, 0.717) is 28.1 Å². The van der Waals surface area contributed by atoms with E-state index in [2.05, 4.69) is 20.3 Å². The van der Waals surface area contributed by atoms with Crippen LogP contribution in [0.15, 0.2) is 35.6 Å². The molecular weight excluding hydrogens is 404 g/mol. The first kappa shape index (κ1) is 23.5. The zero-order valence-electron chi connectivity index (χ0n) is 18.0. The van der Waals surface area contributed by atoms with Crippen molar-refractivity contribution in [3.63, 3.8) is 0 Å². The number of phenolic OH excluding ortho intramolecular Hbond substituents is 1. The van der Waals surface area contributed by atoms with Gasteiger partial charge in [-0.2, -0.15) is 5.10 Å². The lowest BCUT2D eigenvalue weighted by Crippen LogP contribution is -2.13. The van der Waals surface area contributed by atoms with Crippen molar-refractivity contribution in [2.45, 2.75) is 34.6 Å². The number of hydrogen-bond acceptors (Lipinski definition) is 5. The molecule has 0 aliphatic carbocycles. The monoisotopic (exact) mass is 429 g/mol. The summed E-state index contributed by atoms with van der Waals surface area (Å²) in [7, 11) is 0. The number of aryl methyl sites for hydroxylation is 3. The number of amidine groups is 1. The van der Waals surface area contributed by atoms with Crippen LogP contribution in [0.1, 0.15) is 36.4 Å². The highest BCUT2D eigenvalue weighted by Crippen LogP contribution is 2.35. The molecule has 7 nitrogen and oxygen atoms in total. The molecule has 9 heteroatoms. The van der Waals surface area contributed by atoms with Crippen LogP contribution in [0, 0.1) is 32.4 Å². The highest BCUT2D eigenvalue weighted by Gasteiger charge is 2.19. The van der Waals surface area contributed by atoms with Crippen molar-refractivity contribution in [3.8, 4) is 17.0 Å². The summed E-state index contributed by atoms with van der Waals surface area (Å²) in [6, 6.07) is 5.56. The number of halogens is 2. The number of fused-ring (bicyclic) bond motifs is 1. The fourth-order valence-electron chi connectivity index (χ4n) is 3.09. The van der Waals surface area contributed by atoms with E-state index in [1.807, 2.05) is 13.8 Å². The van der Waals surface area contributed by atoms with Crippen molar-refractivity contribution in [2.24, 2.45) is 10.9 Å². The van der Waals surface area contributed by atoms with Gasteiger partial charge in [-0.15, -0.1) is 0 Å². The van der Waals surface area contributed by atoms with Crippen LogP contribution < -0.4 is 5.73 Å². The van der Waals surface area contributed by atoms with Gasteiger partial charge in [0.2, 0.25) is 0 Å². The topological polar surface area (TPSA) is 120 Å². The Labute approximate surface area is 178 Å². The van der Waals surface area contributed by atoms with E-state index in [1.54, 1.807) is 39.0 Å². The molecule has 0 unspecified atom stereocenters. The Morgan fingerprint density at radius 3 is 2.35 bits per heavy atom. The van der Waals surface area contributed by atoms with Gasteiger partial charge in [0.15, 0.2) is 17.4 Å². The first-order valence-corrected chi connectivity index (χ1v) is 9.60. The molecule has 5 N–H and O–H groups in total. The minimum atomic E-state index is -0.969. The third kappa shape index (κ3) is 4.71. The van der Waals surface area contributed by atoms with Gasteiger partial charge in [0.05, 0.1) is 11.9 Å². The first-order chi connectivity index (χ1) is 14.7. The molecule has 0 aliphatic rings. The smallest absolute Gasteiger partial charge is 0.173 e. The Hall–Kier alpha value is -3.75. The third-order valence-electron chi connectivity index (χ3n) is 4.48. The Morgan fingerprint density at radius 2 is 1.74 bits per heavy atom. The maximum absolute atomic E-state index is 15.0. The second kappa shape index (κ2) is 9.84. The summed E-state index contributed by atoms with van der Waals surface area (Å²) in [4.78, 5) is 4.43. The van der Waals surface area contributed by atoms with Crippen LogP contribution in [-0.4, -0.2) is 31.3 Å². The molecule has 0 spiro atoms. The van der Waals surface area contributed by atoms with Crippen molar-refractivity contribution in [1.82, 2.24) is 15.2 Å². The summed E-state index contributed by atoms with van der Waals surface area (Å²) in [6.07, 6.45) is 1.33. The van der Waals surface area contributed by atoms with Crippen LogP contribution in [0.3, 0.4) is 0 Å². The Bertz CT molecular complexity index is 1200. The van der Waals surface area contributed by atoms with E-state index in [0.717, 1.165) is 6.07 Å². The summed E-state index contributed by atoms with van der Waals surface area (Å²) >= 11 is 0. The average molecular weight is 429 g/mol. The van der Waals surface area contributed by atoms with Crippen LogP contribution in [-0.2, 0) is 0 Å². The van der Waals surface area contributed by atoms with E-state index >= 15 is 4.39 Å². The molecule has 0 aliphatic heterocycles. The fraction of sp³-hybridized carbons (Fsp3) is 0.227. The van der Waals surface area contributed by atoms with Gasteiger partial charge in [-0.05, 0) is 38.0 Å². The predicted molar refractivity (Wildman–Crippen MR) is 117 cm³/mol. The van der Waals surface area contributed by atoms with E-state index in [1.165, 1.54) is 6.20 Å². The van der Waals surface area contributed by atoms with Crippen molar-refractivity contribution in [3.05, 3.63) is 64.6 Å². The lowest BCUT2D eigenvalue weighted by atomic mass is 9.97. The normalized spacial score (nSPS) is 11.0. The summed E-state index contributed by atoms with van der Waals surface area (Å²) in [5, 5.41) is 28.1. The van der Waals surface area contributed by atoms with Gasteiger partial charge in [-0.25, -0.2) is 13.8 Å². The van der Waals surface area contributed by atoms with Crippen LogP contribution in [0.25, 0.3) is 22.0 Å². The molecule has 1 aromatic heterocycles. The van der Waals surface area contributed by atoms with Gasteiger partial charge in [0, 0.05) is 28.0 Å². The molecule has 0 saturated carbocycles. The number of hydrogen-bond donors (Lipinski definition) is 4. The molecule has 0 fully saturated rings. The van der Waals surface area contributed by atoms with Crippen LogP contribution in [0.4, 0.5) is 8.78 Å². The summed E-state index contributed by atoms with van der Waals surface area (Å²) in [5.74, 6) is -2.34.